The molecule has 0 aliphatic rings. The van der Waals surface area contributed by atoms with E-state index in [2.05, 4.69) is 22.0 Å². The molecule has 0 saturated carbocycles. The average Bonchev–Trinajstić information content (AvgIpc) is 3.11. The van der Waals surface area contributed by atoms with E-state index < -0.39 is 0 Å². The maximum Gasteiger partial charge on any atom is 0.247 e. The molecule has 0 spiro atoms. The molecule has 0 bridgehead atoms. The van der Waals surface area contributed by atoms with Gasteiger partial charge in [0.2, 0.25) is 11.8 Å². The van der Waals surface area contributed by atoms with E-state index in [-0.39, 0.29) is 11.9 Å². The van der Waals surface area contributed by atoms with Crippen LogP contribution in [0.2, 0.25) is 0 Å². The van der Waals surface area contributed by atoms with Gasteiger partial charge in [-0.1, -0.05) is 12.1 Å². The third-order valence-electron chi connectivity index (χ3n) is 4.28. The third-order valence-corrected chi connectivity index (χ3v) is 4.28. The molecule has 0 saturated heterocycles. The second-order valence-corrected chi connectivity index (χ2v) is 6.10. The van der Waals surface area contributed by atoms with E-state index in [1.54, 1.807) is 12.1 Å². The van der Waals surface area contributed by atoms with Gasteiger partial charge in [0, 0.05) is 11.6 Å². The maximum absolute atomic E-state index is 13.1. The number of hydrogen-bond acceptors (Lipinski definition) is 5. The smallest absolute Gasteiger partial charge is 0.247 e. The highest BCUT2D eigenvalue weighted by atomic mass is 19.1. The van der Waals surface area contributed by atoms with Gasteiger partial charge >= 0.3 is 0 Å². The van der Waals surface area contributed by atoms with Crippen LogP contribution < -0.4 is 4.74 Å². The molecule has 0 unspecified atom stereocenters. The zero-order chi connectivity index (χ0) is 18.5. The fourth-order valence-electron chi connectivity index (χ4n) is 2.64. The van der Waals surface area contributed by atoms with Crippen molar-refractivity contribution >= 4 is 0 Å². The Kier molecular flexibility index (Phi) is 5.63. The van der Waals surface area contributed by atoms with Crippen LogP contribution >= 0.6 is 0 Å². The van der Waals surface area contributed by atoms with Gasteiger partial charge in [-0.25, -0.2) is 4.39 Å². The zero-order valence-corrected chi connectivity index (χ0v) is 15.1. The summed E-state index contributed by atoms with van der Waals surface area (Å²) in [6.07, 6.45) is 0. The minimum absolute atomic E-state index is 0.0939. The molecule has 6 heteroatoms. The van der Waals surface area contributed by atoms with Crippen molar-refractivity contribution in [2.75, 3.05) is 13.7 Å². The number of hydrogen-bond donors (Lipinski definition) is 0. The fraction of sp³-hybridized carbons (Fsp3) is 0.300. The summed E-state index contributed by atoms with van der Waals surface area (Å²) in [6, 6.07) is 14.2. The molecule has 1 heterocycles. The van der Waals surface area contributed by atoms with Gasteiger partial charge < -0.3 is 9.15 Å². The molecule has 1 aromatic heterocycles. The number of halogens is 1. The summed E-state index contributed by atoms with van der Waals surface area (Å²) in [6.45, 7) is 5.13. The van der Waals surface area contributed by atoms with Gasteiger partial charge in [0.25, 0.3) is 0 Å². The summed E-state index contributed by atoms with van der Waals surface area (Å²) >= 11 is 0. The summed E-state index contributed by atoms with van der Waals surface area (Å²) in [5.41, 5.74) is 1.88. The van der Waals surface area contributed by atoms with Gasteiger partial charge in [-0.3, -0.25) is 4.90 Å². The molecule has 0 radical (unpaired) electrons. The van der Waals surface area contributed by atoms with Crippen LogP contribution in [0.5, 0.6) is 5.75 Å². The number of aromatic nitrogens is 2. The Morgan fingerprint density at radius 2 is 1.77 bits per heavy atom. The fourth-order valence-corrected chi connectivity index (χ4v) is 2.64. The molecule has 136 valence electrons. The Hall–Kier alpha value is -2.73. The number of rotatable bonds is 7. The summed E-state index contributed by atoms with van der Waals surface area (Å²) in [5.74, 6) is 1.58. The first-order valence-corrected chi connectivity index (χ1v) is 8.58. The van der Waals surface area contributed by atoms with E-state index in [1.807, 2.05) is 38.2 Å². The second kappa shape index (κ2) is 8.10. The lowest BCUT2D eigenvalue weighted by molar-refractivity contribution is 0.228. The zero-order valence-electron chi connectivity index (χ0n) is 15.1. The lowest BCUT2D eigenvalue weighted by Crippen LogP contribution is -2.22. The van der Waals surface area contributed by atoms with Crippen molar-refractivity contribution < 1.29 is 13.5 Å². The van der Waals surface area contributed by atoms with Gasteiger partial charge in [0.05, 0.1) is 13.2 Å². The van der Waals surface area contributed by atoms with E-state index in [0.717, 1.165) is 16.9 Å². The van der Waals surface area contributed by atoms with Gasteiger partial charge in [-0.05, 0) is 62.9 Å². The average molecular weight is 355 g/mol. The van der Waals surface area contributed by atoms with Crippen LogP contribution in [0, 0.1) is 5.82 Å². The highest BCUT2D eigenvalue weighted by Gasteiger charge is 2.16. The summed E-state index contributed by atoms with van der Waals surface area (Å²) in [7, 11) is 1.97. The van der Waals surface area contributed by atoms with Crippen LogP contribution in [-0.2, 0) is 6.54 Å². The Balaban J connectivity index is 1.66. The third kappa shape index (κ3) is 4.26. The molecule has 0 fully saturated rings. The van der Waals surface area contributed by atoms with E-state index >= 15 is 0 Å². The van der Waals surface area contributed by atoms with Crippen LogP contribution in [0.15, 0.2) is 52.9 Å². The summed E-state index contributed by atoms with van der Waals surface area (Å²) in [4.78, 5) is 2.07. The van der Waals surface area contributed by atoms with E-state index in [1.165, 1.54) is 12.1 Å². The quantitative estimate of drug-likeness (QED) is 0.626. The predicted octanol–water partition coefficient (Wildman–Crippen LogP) is 4.47. The normalized spacial score (nSPS) is 12.3. The van der Waals surface area contributed by atoms with Crippen LogP contribution in [0.3, 0.4) is 0 Å². The minimum atomic E-state index is -0.236. The maximum atomic E-state index is 13.1. The van der Waals surface area contributed by atoms with Crippen molar-refractivity contribution in [1.82, 2.24) is 15.1 Å². The molecule has 0 aliphatic heterocycles. The Morgan fingerprint density at radius 3 is 2.42 bits per heavy atom. The molecule has 0 amide bonds. The largest absolute Gasteiger partial charge is 0.494 e. The van der Waals surface area contributed by atoms with Gasteiger partial charge in [0.15, 0.2) is 0 Å². The highest BCUT2D eigenvalue weighted by molar-refractivity contribution is 5.53. The predicted molar refractivity (Wildman–Crippen MR) is 97.2 cm³/mol. The van der Waals surface area contributed by atoms with Crippen molar-refractivity contribution in [1.29, 1.82) is 0 Å². The van der Waals surface area contributed by atoms with Crippen LogP contribution in [0.4, 0.5) is 4.39 Å². The monoisotopic (exact) mass is 355 g/mol. The first-order chi connectivity index (χ1) is 12.6. The van der Waals surface area contributed by atoms with E-state index in [0.29, 0.717) is 24.9 Å². The topological polar surface area (TPSA) is 51.4 Å². The van der Waals surface area contributed by atoms with Gasteiger partial charge in [-0.15, -0.1) is 10.2 Å². The molecule has 2 aromatic carbocycles. The standard InChI is InChI=1S/C20H22FN3O2/c1-4-25-18-11-7-16(8-12-18)20-23-22-19(26-20)13-24(3)14(2)15-5-9-17(21)10-6-15/h5-12,14H,4,13H2,1-3H3/t14-/m1/s1. The molecule has 1 atom stereocenters. The van der Waals surface area contributed by atoms with Crippen molar-refractivity contribution in [3.05, 3.63) is 65.8 Å². The molecule has 3 rings (SSSR count). The first-order valence-electron chi connectivity index (χ1n) is 8.58. The van der Waals surface area contributed by atoms with E-state index in [4.69, 9.17) is 9.15 Å². The molecule has 5 nitrogen and oxygen atoms in total. The summed E-state index contributed by atoms with van der Waals surface area (Å²) in [5, 5.41) is 8.26. The number of nitrogens with zero attached hydrogens (tertiary/aromatic N) is 3. The van der Waals surface area contributed by atoms with Crippen LogP contribution in [0.1, 0.15) is 31.3 Å². The molecule has 3 aromatic rings. The molecule has 0 aliphatic carbocycles. The highest BCUT2D eigenvalue weighted by Crippen LogP contribution is 2.24. The molecular weight excluding hydrogens is 333 g/mol. The molecular formula is C20H22FN3O2. The molecule has 26 heavy (non-hydrogen) atoms. The van der Waals surface area contributed by atoms with Gasteiger partial charge in [-0.2, -0.15) is 0 Å². The van der Waals surface area contributed by atoms with Crippen molar-refractivity contribution in [2.45, 2.75) is 26.4 Å². The minimum Gasteiger partial charge on any atom is -0.494 e. The molecule has 0 N–H and O–H groups in total. The van der Waals surface area contributed by atoms with Crippen LogP contribution in [-0.4, -0.2) is 28.8 Å². The first kappa shape index (κ1) is 18.1. The second-order valence-electron chi connectivity index (χ2n) is 6.10. The Bertz CT molecular complexity index is 831. The Labute approximate surface area is 152 Å². The number of benzene rings is 2. The Morgan fingerprint density at radius 1 is 1.08 bits per heavy atom. The lowest BCUT2D eigenvalue weighted by atomic mass is 10.1. The SMILES string of the molecule is CCOc1ccc(-c2nnc(CN(C)[C@H](C)c3ccc(F)cc3)o2)cc1. The summed E-state index contributed by atoms with van der Waals surface area (Å²) < 4.78 is 24.3. The van der Waals surface area contributed by atoms with Crippen molar-refractivity contribution in [3.8, 4) is 17.2 Å². The van der Waals surface area contributed by atoms with Crippen molar-refractivity contribution in [3.63, 3.8) is 0 Å². The van der Waals surface area contributed by atoms with Crippen molar-refractivity contribution in [2.24, 2.45) is 0 Å². The lowest BCUT2D eigenvalue weighted by Gasteiger charge is -2.23. The van der Waals surface area contributed by atoms with Crippen LogP contribution in [0.25, 0.3) is 11.5 Å². The number of ether oxygens (including phenoxy) is 1. The van der Waals surface area contributed by atoms with E-state index in [9.17, 15) is 4.39 Å². The van der Waals surface area contributed by atoms with Gasteiger partial charge in [0.1, 0.15) is 11.6 Å².